The van der Waals surface area contributed by atoms with Crippen molar-refractivity contribution in [1.29, 1.82) is 0 Å². The maximum Gasteiger partial charge on any atom is 0.337 e. The molecule has 5 aromatic carbocycles. The van der Waals surface area contributed by atoms with Gasteiger partial charge in [-0.15, -0.1) is 0 Å². The number of halogens is 3. The highest BCUT2D eigenvalue weighted by molar-refractivity contribution is 6.39. The zero-order chi connectivity index (χ0) is 34.2. The quantitative estimate of drug-likeness (QED) is 0.179. The van der Waals surface area contributed by atoms with Gasteiger partial charge >= 0.3 is 5.97 Å². The van der Waals surface area contributed by atoms with Crippen LogP contribution in [0.5, 0.6) is 0 Å². The van der Waals surface area contributed by atoms with Gasteiger partial charge in [0, 0.05) is 10.0 Å². The number of nitrogens with zero attached hydrogens (tertiary/aromatic N) is 1. The van der Waals surface area contributed by atoms with Crippen molar-refractivity contribution in [3.05, 3.63) is 170 Å². The molecular weight excluding hydrogens is 681 g/mol. The molecule has 1 aliphatic heterocycles. The topological polar surface area (TPSA) is 91.8 Å². The van der Waals surface area contributed by atoms with Crippen LogP contribution in [0.2, 0.25) is 15.1 Å². The lowest BCUT2D eigenvalue weighted by atomic mass is 9.59. The fraction of sp³-hybridized carbons (Fsp3) is 0.100. The van der Waals surface area contributed by atoms with Crippen LogP contribution in [0.25, 0.3) is 11.1 Å². The lowest BCUT2D eigenvalue weighted by Crippen LogP contribution is -2.45. The summed E-state index contributed by atoms with van der Waals surface area (Å²) in [6.45, 7) is 0. The summed E-state index contributed by atoms with van der Waals surface area (Å²) in [6.07, 6.45) is 0. The highest BCUT2D eigenvalue weighted by Gasteiger charge is 2.82. The molecule has 3 aliphatic rings. The Labute approximate surface area is 296 Å². The molecule has 49 heavy (non-hydrogen) atoms. The van der Waals surface area contributed by atoms with Gasteiger partial charge in [0.1, 0.15) is 0 Å². The Bertz CT molecular complexity index is 2130. The number of ketones is 1. The number of carboxylic acid groups (broad SMARTS) is 1. The molecule has 2 fully saturated rings. The van der Waals surface area contributed by atoms with E-state index in [0.29, 0.717) is 32.3 Å². The van der Waals surface area contributed by atoms with Gasteiger partial charge in [0.05, 0.1) is 38.9 Å². The first-order chi connectivity index (χ1) is 23.6. The predicted molar refractivity (Wildman–Crippen MR) is 189 cm³/mol. The number of carboxylic acids is 1. The van der Waals surface area contributed by atoms with Gasteiger partial charge in [-0.2, -0.15) is 0 Å². The molecule has 4 atom stereocenters. The molecule has 2 bridgehead atoms. The number of carbonyl (C=O) groups excluding carboxylic acids is 3. The Morgan fingerprint density at radius 1 is 0.592 bits per heavy atom. The number of benzene rings is 5. The van der Waals surface area contributed by atoms with Crippen LogP contribution in [0.1, 0.15) is 32.6 Å². The Balaban J connectivity index is 1.53. The van der Waals surface area contributed by atoms with Gasteiger partial charge < -0.3 is 5.11 Å². The van der Waals surface area contributed by atoms with Crippen LogP contribution < -0.4 is 4.90 Å². The highest BCUT2D eigenvalue weighted by atomic mass is 35.5. The van der Waals surface area contributed by atoms with Gasteiger partial charge in [0.15, 0.2) is 5.78 Å². The summed E-state index contributed by atoms with van der Waals surface area (Å²) in [7, 11) is 0. The third-order valence-electron chi connectivity index (χ3n) is 10.2. The minimum Gasteiger partial charge on any atom is -0.478 e. The monoisotopic (exact) mass is 703 g/mol. The van der Waals surface area contributed by atoms with Crippen molar-refractivity contribution in [3.8, 4) is 0 Å². The Hall–Kier alpha value is -5.01. The van der Waals surface area contributed by atoms with Crippen molar-refractivity contribution in [3.63, 3.8) is 0 Å². The number of imide groups is 1. The lowest BCUT2D eigenvalue weighted by Gasteiger charge is -2.39. The minimum atomic E-state index is -1.65. The van der Waals surface area contributed by atoms with Crippen LogP contribution in [0.15, 0.2) is 127 Å². The van der Waals surface area contributed by atoms with Gasteiger partial charge in [0.2, 0.25) is 11.8 Å². The zero-order valence-corrected chi connectivity index (χ0v) is 27.7. The number of hydrogen-bond acceptors (Lipinski definition) is 4. The summed E-state index contributed by atoms with van der Waals surface area (Å²) in [4.78, 5) is 59.3. The molecule has 1 saturated heterocycles. The number of carbonyl (C=O) groups is 4. The summed E-state index contributed by atoms with van der Waals surface area (Å²) in [6, 6.07) is 36.6. The standard InChI is InChI=1S/C40H24Cl3NO5/c41-26-15-11-24(12-16-26)39-31(22-7-3-1-4-8-22)32(23-9-5-2-6-10-23)40(38(39)49,25-13-17-27(42)18-14-25)34-33(39)35(45)44(36(34)46)28-19-20-30(43)29(21-28)37(47)48/h1-21,33-34H,(H,47,48)/t33-,34-,39-,40+/m1/s1. The highest BCUT2D eigenvalue weighted by Crippen LogP contribution is 2.74. The molecule has 2 amide bonds. The molecule has 2 aliphatic carbocycles. The molecule has 0 radical (unpaired) electrons. The molecule has 1 N–H and O–H groups in total. The summed E-state index contributed by atoms with van der Waals surface area (Å²) in [5.41, 5.74) is 0.208. The number of rotatable bonds is 6. The van der Waals surface area contributed by atoms with Crippen LogP contribution in [0, 0.1) is 11.8 Å². The molecule has 1 saturated carbocycles. The van der Waals surface area contributed by atoms with Crippen molar-refractivity contribution < 1.29 is 24.3 Å². The first-order valence-electron chi connectivity index (χ1n) is 15.5. The number of aromatic carboxylic acids is 1. The molecule has 0 spiro atoms. The first kappa shape index (κ1) is 31.3. The second kappa shape index (κ2) is 11.3. The van der Waals surface area contributed by atoms with E-state index in [1.807, 2.05) is 60.7 Å². The van der Waals surface area contributed by atoms with Crippen LogP contribution in [0.3, 0.4) is 0 Å². The van der Waals surface area contributed by atoms with Gasteiger partial charge in [-0.25, -0.2) is 9.69 Å². The smallest absolute Gasteiger partial charge is 0.337 e. The Morgan fingerprint density at radius 2 is 1.02 bits per heavy atom. The summed E-state index contributed by atoms with van der Waals surface area (Å²) >= 11 is 19.0. The normalized spacial score (nSPS) is 24.1. The number of fused-ring (bicyclic) bond motifs is 5. The number of Topliss-reactive ketones (excluding diaryl/α,β-unsaturated/α-hetero) is 1. The Morgan fingerprint density at radius 3 is 1.43 bits per heavy atom. The number of amides is 2. The molecule has 9 heteroatoms. The van der Waals surface area contributed by atoms with Gasteiger partial charge in [-0.05, 0) is 75.9 Å². The average Bonchev–Trinajstić information content (AvgIpc) is 3.62. The van der Waals surface area contributed by atoms with Crippen LogP contribution in [-0.2, 0) is 25.2 Å². The SMILES string of the molecule is O=C(O)c1cc(N2C(=O)[C@H]3[C@H](C2=O)[C@]2(c4ccc(Cl)cc4)C(=O)[C@@]3(c3ccc(Cl)cc3)C(c3ccccc3)=C2c2ccccc2)ccc1Cl. The molecule has 240 valence electrons. The van der Waals surface area contributed by atoms with E-state index in [1.54, 1.807) is 48.5 Å². The van der Waals surface area contributed by atoms with Gasteiger partial charge in [0.25, 0.3) is 0 Å². The minimum absolute atomic E-state index is 0.0413. The fourth-order valence-corrected chi connectivity index (χ4v) is 8.88. The number of hydrogen-bond donors (Lipinski definition) is 1. The van der Waals surface area contributed by atoms with Gasteiger partial charge in [-0.3, -0.25) is 14.4 Å². The van der Waals surface area contributed by atoms with Crippen molar-refractivity contribution in [2.24, 2.45) is 11.8 Å². The summed E-state index contributed by atoms with van der Waals surface area (Å²) in [5, 5.41) is 10.7. The molecule has 1 heterocycles. The van der Waals surface area contributed by atoms with E-state index in [2.05, 4.69) is 0 Å². The van der Waals surface area contributed by atoms with E-state index in [1.165, 1.54) is 18.2 Å². The molecule has 0 aromatic heterocycles. The van der Waals surface area contributed by atoms with Gasteiger partial charge in [-0.1, -0.05) is 120 Å². The molecular formula is C40H24Cl3NO5. The molecule has 0 unspecified atom stereocenters. The van der Waals surface area contributed by atoms with E-state index in [9.17, 15) is 9.90 Å². The largest absolute Gasteiger partial charge is 0.478 e. The zero-order valence-electron chi connectivity index (χ0n) is 25.4. The third kappa shape index (κ3) is 4.15. The maximum absolute atomic E-state index is 16.0. The third-order valence-corrected chi connectivity index (χ3v) is 11.0. The molecule has 5 aromatic rings. The van der Waals surface area contributed by atoms with E-state index in [0.717, 1.165) is 16.0 Å². The summed E-state index contributed by atoms with van der Waals surface area (Å²) in [5.74, 6) is -5.24. The van der Waals surface area contributed by atoms with E-state index >= 15 is 14.4 Å². The molecule has 6 nitrogen and oxygen atoms in total. The van der Waals surface area contributed by atoms with E-state index in [-0.39, 0.29) is 22.1 Å². The predicted octanol–water partition coefficient (Wildman–Crippen LogP) is 8.53. The van der Waals surface area contributed by atoms with Crippen LogP contribution >= 0.6 is 34.8 Å². The second-order valence-electron chi connectivity index (χ2n) is 12.4. The lowest BCUT2D eigenvalue weighted by molar-refractivity contribution is -0.130. The van der Waals surface area contributed by atoms with E-state index in [4.69, 9.17) is 34.8 Å². The second-order valence-corrected chi connectivity index (χ2v) is 13.7. The van der Waals surface area contributed by atoms with Crippen LogP contribution in [0.4, 0.5) is 5.69 Å². The van der Waals surface area contributed by atoms with Crippen molar-refractivity contribution >= 4 is 75.2 Å². The van der Waals surface area contributed by atoms with E-state index < -0.39 is 40.4 Å². The maximum atomic E-state index is 16.0. The Kier molecular flexibility index (Phi) is 7.20. The average molecular weight is 705 g/mol. The first-order valence-corrected chi connectivity index (χ1v) is 16.6. The van der Waals surface area contributed by atoms with Crippen LogP contribution in [-0.4, -0.2) is 28.7 Å². The number of allylic oxidation sites excluding steroid dienone is 2. The van der Waals surface area contributed by atoms with Crippen molar-refractivity contribution in [1.82, 2.24) is 0 Å². The fourth-order valence-electron chi connectivity index (χ4n) is 8.43. The number of anilines is 1. The summed E-state index contributed by atoms with van der Waals surface area (Å²) < 4.78 is 0. The van der Waals surface area contributed by atoms with Crippen molar-refractivity contribution in [2.45, 2.75) is 10.8 Å². The van der Waals surface area contributed by atoms with Crippen molar-refractivity contribution in [2.75, 3.05) is 4.90 Å². The molecule has 8 rings (SSSR count).